The lowest BCUT2D eigenvalue weighted by molar-refractivity contribution is 0.754. The van der Waals surface area contributed by atoms with E-state index in [1.165, 1.54) is 6.42 Å². The van der Waals surface area contributed by atoms with E-state index in [9.17, 15) is 0 Å². The van der Waals surface area contributed by atoms with Crippen molar-refractivity contribution in [1.29, 1.82) is 5.26 Å². The zero-order valence-corrected chi connectivity index (χ0v) is 8.70. The third-order valence-electron chi connectivity index (χ3n) is 2.77. The van der Waals surface area contributed by atoms with Gasteiger partial charge in [-0.05, 0) is 19.3 Å². The van der Waals surface area contributed by atoms with Gasteiger partial charge in [0.15, 0.2) is 0 Å². The van der Waals surface area contributed by atoms with Gasteiger partial charge in [0.1, 0.15) is 17.5 Å². The highest BCUT2D eigenvalue weighted by molar-refractivity contribution is 5.56. The minimum Gasteiger partial charge on any atom is -0.366 e. The van der Waals surface area contributed by atoms with Gasteiger partial charge in [-0.25, -0.2) is 0 Å². The summed E-state index contributed by atoms with van der Waals surface area (Å²) in [4.78, 5) is 0. The van der Waals surface area contributed by atoms with E-state index in [1.807, 2.05) is 14.0 Å². The molecule has 1 aliphatic rings. The van der Waals surface area contributed by atoms with E-state index in [0.29, 0.717) is 11.6 Å². The summed E-state index contributed by atoms with van der Waals surface area (Å²) in [6.07, 6.45) is 1.19. The Morgan fingerprint density at radius 2 is 2.29 bits per heavy atom. The van der Waals surface area contributed by atoms with Crippen LogP contribution in [0.15, 0.2) is 0 Å². The molecule has 1 aliphatic carbocycles. The maximum atomic E-state index is 8.97. The van der Waals surface area contributed by atoms with Crippen LogP contribution in [0.5, 0.6) is 0 Å². The summed E-state index contributed by atoms with van der Waals surface area (Å²) < 4.78 is 1.75. The van der Waals surface area contributed by atoms with Gasteiger partial charge in [0.2, 0.25) is 0 Å². The summed E-state index contributed by atoms with van der Waals surface area (Å²) in [5, 5.41) is 16.5. The molecule has 1 N–H and O–H groups in total. The molecule has 0 bridgehead atoms. The number of aromatic nitrogens is 2. The number of aryl methyl sites for hydroxylation is 2. The maximum absolute atomic E-state index is 8.97. The Bertz CT molecular complexity index is 399. The molecular weight excluding hydrogens is 176 g/mol. The topological polar surface area (TPSA) is 53.6 Å². The first-order valence-corrected chi connectivity index (χ1v) is 4.83. The van der Waals surface area contributed by atoms with E-state index in [0.717, 1.165) is 17.4 Å². The molecular formula is C10H14N4. The normalized spacial score (nSPS) is 24.4. The lowest BCUT2D eigenvalue weighted by Crippen LogP contribution is -2.09. The smallest absolute Gasteiger partial charge is 0.142 e. The molecule has 0 aliphatic heterocycles. The Labute approximate surface area is 83.5 Å². The van der Waals surface area contributed by atoms with Crippen LogP contribution in [-0.4, -0.2) is 15.8 Å². The summed E-state index contributed by atoms with van der Waals surface area (Å²) in [6.45, 7) is 4.06. The highest BCUT2D eigenvalue weighted by Crippen LogP contribution is 2.33. The van der Waals surface area contributed by atoms with E-state index in [2.05, 4.69) is 23.4 Å². The summed E-state index contributed by atoms with van der Waals surface area (Å²) in [5.41, 5.74) is 1.47. The lowest BCUT2D eigenvalue weighted by atomic mass is 10.2. The van der Waals surface area contributed by atoms with Gasteiger partial charge >= 0.3 is 0 Å². The van der Waals surface area contributed by atoms with Crippen LogP contribution in [0.4, 0.5) is 5.82 Å². The van der Waals surface area contributed by atoms with Gasteiger partial charge < -0.3 is 5.32 Å². The van der Waals surface area contributed by atoms with Crippen molar-refractivity contribution >= 4 is 5.82 Å². The predicted molar refractivity (Wildman–Crippen MR) is 53.9 cm³/mol. The van der Waals surface area contributed by atoms with E-state index in [-0.39, 0.29) is 0 Å². The molecule has 1 fully saturated rings. The molecule has 1 saturated carbocycles. The molecule has 2 atom stereocenters. The molecule has 0 radical (unpaired) electrons. The van der Waals surface area contributed by atoms with Gasteiger partial charge in [-0.3, -0.25) is 4.68 Å². The molecule has 1 aromatic rings. The largest absolute Gasteiger partial charge is 0.366 e. The molecule has 0 saturated heterocycles. The van der Waals surface area contributed by atoms with Crippen LogP contribution in [0.3, 0.4) is 0 Å². The summed E-state index contributed by atoms with van der Waals surface area (Å²) >= 11 is 0. The van der Waals surface area contributed by atoms with Crippen LogP contribution in [0.2, 0.25) is 0 Å². The molecule has 2 unspecified atom stereocenters. The number of nitrogens with one attached hydrogen (secondary N) is 1. The molecule has 74 valence electrons. The number of rotatable bonds is 2. The summed E-state index contributed by atoms with van der Waals surface area (Å²) in [6, 6.07) is 2.71. The number of hydrogen-bond donors (Lipinski definition) is 1. The van der Waals surface area contributed by atoms with Gasteiger partial charge in [-0.15, -0.1) is 0 Å². The fourth-order valence-electron chi connectivity index (χ4n) is 1.66. The maximum Gasteiger partial charge on any atom is 0.142 e. The lowest BCUT2D eigenvalue weighted by Gasteiger charge is -2.04. The molecule has 4 nitrogen and oxygen atoms in total. The fraction of sp³-hybridized carbons (Fsp3) is 0.600. The third-order valence-corrected chi connectivity index (χ3v) is 2.77. The molecule has 0 aromatic carbocycles. The van der Waals surface area contributed by atoms with Crippen molar-refractivity contribution in [3.05, 3.63) is 11.3 Å². The zero-order valence-electron chi connectivity index (χ0n) is 8.70. The monoisotopic (exact) mass is 190 g/mol. The van der Waals surface area contributed by atoms with E-state index >= 15 is 0 Å². The van der Waals surface area contributed by atoms with Crippen LogP contribution in [-0.2, 0) is 7.05 Å². The first kappa shape index (κ1) is 9.07. The van der Waals surface area contributed by atoms with Crippen LogP contribution in [0.25, 0.3) is 0 Å². The van der Waals surface area contributed by atoms with Crippen molar-refractivity contribution in [3.8, 4) is 6.07 Å². The van der Waals surface area contributed by atoms with Gasteiger partial charge in [-0.1, -0.05) is 6.92 Å². The Morgan fingerprint density at radius 1 is 1.64 bits per heavy atom. The Balaban J connectivity index is 2.27. The second kappa shape index (κ2) is 3.02. The number of nitriles is 1. The number of anilines is 1. The average Bonchev–Trinajstić information content (AvgIpc) is 2.73. The Morgan fingerprint density at radius 3 is 2.79 bits per heavy atom. The Hall–Kier alpha value is -1.50. The van der Waals surface area contributed by atoms with Crippen molar-refractivity contribution in [2.75, 3.05) is 5.32 Å². The first-order valence-electron chi connectivity index (χ1n) is 4.83. The van der Waals surface area contributed by atoms with Crippen LogP contribution in [0.1, 0.15) is 24.6 Å². The van der Waals surface area contributed by atoms with Crippen molar-refractivity contribution in [2.45, 2.75) is 26.3 Å². The zero-order chi connectivity index (χ0) is 10.3. The summed E-state index contributed by atoms with van der Waals surface area (Å²) in [7, 11) is 1.86. The fourth-order valence-corrected chi connectivity index (χ4v) is 1.66. The second-order valence-electron chi connectivity index (χ2n) is 4.01. The average molecular weight is 190 g/mol. The van der Waals surface area contributed by atoms with Gasteiger partial charge in [0, 0.05) is 13.1 Å². The third kappa shape index (κ3) is 1.35. The second-order valence-corrected chi connectivity index (χ2v) is 4.01. The first-order chi connectivity index (χ1) is 6.63. The number of hydrogen-bond acceptors (Lipinski definition) is 3. The molecule has 0 amide bonds. The minimum atomic E-state index is 0.525. The molecule has 1 aromatic heterocycles. The van der Waals surface area contributed by atoms with Crippen molar-refractivity contribution < 1.29 is 0 Å². The van der Waals surface area contributed by atoms with E-state index in [1.54, 1.807) is 4.68 Å². The van der Waals surface area contributed by atoms with Crippen molar-refractivity contribution in [3.63, 3.8) is 0 Å². The van der Waals surface area contributed by atoms with Gasteiger partial charge in [0.25, 0.3) is 0 Å². The van der Waals surface area contributed by atoms with Crippen molar-refractivity contribution in [1.82, 2.24) is 9.78 Å². The molecule has 14 heavy (non-hydrogen) atoms. The molecule has 4 heteroatoms. The van der Waals surface area contributed by atoms with Crippen molar-refractivity contribution in [2.24, 2.45) is 13.0 Å². The van der Waals surface area contributed by atoms with Gasteiger partial charge in [0.05, 0.1) is 5.69 Å². The quantitative estimate of drug-likeness (QED) is 0.767. The highest BCUT2D eigenvalue weighted by Gasteiger charge is 2.33. The van der Waals surface area contributed by atoms with E-state index in [4.69, 9.17) is 5.26 Å². The van der Waals surface area contributed by atoms with Crippen LogP contribution < -0.4 is 5.32 Å². The molecule has 0 spiro atoms. The standard InChI is InChI=1S/C10H14N4/c1-6-4-9(6)12-10-8(5-11)7(2)13-14(10)3/h6,9,12H,4H2,1-3H3. The van der Waals surface area contributed by atoms with E-state index < -0.39 is 0 Å². The SMILES string of the molecule is Cc1nn(C)c(NC2CC2C)c1C#N. The number of nitrogens with zero attached hydrogens (tertiary/aromatic N) is 3. The Kier molecular flexibility index (Phi) is 1.95. The van der Waals surface area contributed by atoms with Gasteiger partial charge in [-0.2, -0.15) is 10.4 Å². The van der Waals surface area contributed by atoms with Crippen LogP contribution in [0, 0.1) is 24.2 Å². The molecule has 2 rings (SSSR count). The van der Waals surface area contributed by atoms with Crippen LogP contribution >= 0.6 is 0 Å². The highest BCUT2D eigenvalue weighted by atomic mass is 15.3. The summed E-state index contributed by atoms with van der Waals surface area (Å²) in [5.74, 6) is 1.58. The minimum absolute atomic E-state index is 0.525. The predicted octanol–water partition coefficient (Wildman–Crippen LogP) is 1.42. The molecule has 1 heterocycles.